The highest BCUT2D eigenvalue weighted by Gasteiger charge is 2.24. The van der Waals surface area contributed by atoms with Crippen molar-refractivity contribution in [3.63, 3.8) is 0 Å². The minimum atomic E-state index is -0.222. The van der Waals surface area contributed by atoms with Crippen LogP contribution in [0.2, 0.25) is 0 Å². The van der Waals surface area contributed by atoms with Gasteiger partial charge in [0.25, 0.3) is 0 Å². The van der Waals surface area contributed by atoms with E-state index in [2.05, 4.69) is 0 Å². The van der Waals surface area contributed by atoms with E-state index in [-0.39, 0.29) is 18.0 Å². The van der Waals surface area contributed by atoms with Crippen molar-refractivity contribution in [3.8, 4) is 0 Å². The molecule has 1 amide bonds. The van der Waals surface area contributed by atoms with Crippen molar-refractivity contribution < 1.29 is 4.79 Å². The summed E-state index contributed by atoms with van der Waals surface area (Å²) in [6.07, 6.45) is 1.25. The smallest absolute Gasteiger partial charge is 0.224 e. The molecule has 1 saturated heterocycles. The topological polar surface area (TPSA) is 72.3 Å². The van der Waals surface area contributed by atoms with Crippen LogP contribution in [-0.2, 0) is 4.79 Å². The van der Waals surface area contributed by atoms with Crippen molar-refractivity contribution in [2.45, 2.75) is 24.9 Å². The van der Waals surface area contributed by atoms with Gasteiger partial charge in [0, 0.05) is 31.6 Å². The Kier molecular flexibility index (Phi) is 3.76. The van der Waals surface area contributed by atoms with Crippen LogP contribution in [0.15, 0.2) is 30.3 Å². The van der Waals surface area contributed by atoms with Gasteiger partial charge in [-0.1, -0.05) is 30.3 Å². The summed E-state index contributed by atoms with van der Waals surface area (Å²) in [5, 5.41) is 0. The molecule has 17 heavy (non-hydrogen) atoms. The number of likely N-dealkylation sites (tertiary alicyclic amines) is 1. The number of hydrogen-bond donors (Lipinski definition) is 2. The summed E-state index contributed by atoms with van der Waals surface area (Å²) < 4.78 is 0. The zero-order valence-electron chi connectivity index (χ0n) is 9.88. The van der Waals surface area contributed by atoms with Gasteiger partial charge in [-0.05, 0) is 12.0 Å². The third kappa shape index (κ3) is 3.05. The normalized spacial score (nSPS) is 21.5. The van der Waals surface area contributed by atoms with Crippen LogP contribution in [0.4, 0.5) is 0 Å². The predicted molar refractivity (Wildman–Crippen MR) is 67.2 cm³/mol. The lowest BCUT2D eigenvalue weighted by molar-refractivity contribution is -0.130. The molecule has 1 aliphatic heterocycles. The van der Waals surface area contributed by atoms with E-state index in [0.29, 0.717) is 13.0 Å². The molecule has 1 heterocycles. The number of nitrogens with zero attached hydrogens (tertiary/aromatic N) is 1. The highest BCUT2D eigenvalue weighted by Crippen LogP contribution is 2.16. The average Bonchev–Trinajstić information content (AvgIpc) is 2.77. The molecule has 0 aliphatic carbocycles. The maximum atomic E-state index is 12.0. The van der Waals surface area contributed by atoms with Crippen LogP contribution in [0.1, 0.15) is 24.4 Å². The molecule has 0 unspecified atom stereocenters. The van der Waals surface area contributed by atoms with Gasteiger partial charge in [0.2, 0.25) is 5.91 Å². The molecule has 1 aliphatic rings. The largest absolute Gasteiger partial charge is 0.341 e. The van der Waals surface area contributed by atoms with E-state index >= 15 is 0 Å². The lowest BCUT2D eigenvalue weighted by atomic mass is 10.0. The highest BCUT2D eigenvalue weighted by atomic mass is 16.2. The number of benzene rings is 1. The second kappa shape index (κ2) is 5.29. The van der Waals surface area contributed by atoms with Gasteiger partial charge >= 0.3 is 0 Å². The molecule has 4 nitrogen and oxygen atoms in total. The molecule has 0 bridgehead atoms. The van der Waals surface area contributed by atoms with E-state index in [1.54, 1.807) is 0 Å². The summed E-state index contributed by atoms with van der Waals surface area (Å²) in [6, 6.07) is 9.63. The van der Waals surface area contributed by atoms with Crippen molar-refractivity contribution in [3.05, 3.63) is 35.9 Å². The Hall–Kier alpha value is -1.39. The van der Waals surface area contributed by atoms with Crippen LogP contribution in [-0.4, -0.2) is 29.9 Å². The SMILES string of the molecule is N[C@@H]1CCN(C(=O)C[C@H](N)c2ccccc2)C1. The zero-order chi connectivity index (χ0) is 12.3. The van der Waals surface area contributed by atoms with E-state index in [0.717, 1.165) is 18.5 Å². The van der Waals surface area contributed by atoms with Gasteiger partial charge in [-0.3, -0.25) is 4.79 Å². The van der Waals surface area contributed by atoms with Gasteiger partial charge in [0.1, 0.15) is 0 Å². The van der Waals surface area contributed by atoms with Crippen molar-refractivity contribution in [2.75, 3.05) is 13.1 Å². The first-order chi connectivity index (χ1) is 8.16. The van der Waals surface area contributed by atoms with Crippen LogP contribution < -0.4 is 11.5 Å². The molecule has 2 atom stereocenters. The van der Waals surface area contributed by atoms with Crippen molar-refractivity contribution >= 4 is 5.91 Å². The number of carbonyl (C=O) groups is 1. The van der Waals surface area contributed by atoms with Crippen LogP contribution in [0.25, 0.3) is 0 Å². The standard InChI is InChI=1S/C13H19N3O/c14-11-6-7-16(9-11)13(17)8-12(15)10-4-2-1-3-5-10/h1-5,11-12H,6-9,14-15H2/t11-,12+/m1/s1. The third-order valence-electron chi connectivity index (χ3n) is 3.20. The zero-order valence-corrected chi connectivity index (χ0v) is 9.88. The first-order valence-electron chi connectivity index (χ1n) is 6.00. The Balaban J connectivity index is 1.91. The molecule has 1 fully saturated rings. The first kappa shape index (κ1) is 12.1. The molecule has 4 N–H and O–H groups in total. The van der Waals surface area contributed by atoms with Crippen LogP contribution in [0.3, 0.4) is 0 Å². The molecular formula is C13H19N3O. The molecule has 4 heteroatoms. The molecule has 0 aromatic heterocycles. The van der Waals surface area contributed by atoms with E-state index in [4.69, 9.17) is 11.5 Å². The number of rotatable bonds is 3. The summed E-state index contributed by atoms with van der Waals surface area (Å²) in [5.74, 6) is 0.106. The molecule has 92 valence electrons. The Labute approximate surface area is 102 Å². The Bertz CT molecular complexity index is 380. The van der Waals surface area contributed by atoms with E-state index in [1.807, 2.05) is 35.2 Å². The first-order valence-corrected chi connectivity index (χ1v) is 6.00. The Morgan fingerprint density at radius 3 is 2.71 bits per heavy atom. The maximum absolute atomic E-state index is 12.0. The quantitative estimate of drug-likeness (QED) is 0.804. The molecule has 0 saturated carbocycles. The van der Waals surface area contributed by atoms with Crippen molar-refractivity contribution in [1.82, 2.24) is 4.90 Å². The average molecular weight is 233 g/mol. The fourth-order valence-electron chi connectivity index (χ4n) is 2.15. The summed E-state index contributed by atoms with van der Waals surface area (Å²) in [5.41, 5.74) is 12.8. The molecule has 1 aromatic rings. The van der Waals surface area contributed by atoms with Gasteiger partial charge in [-0.25, -0.2) is 0 Å². The minimum Gasteiger partial charge on any atom is -0.341 e. The predicted octanol–water partition coefficient (Wildman–Crippen LogP) is 0.636. The van der Waals surface area contributed by atoms with Crippen LogP contribution in [0.5, 0.6) is 0 Å². The van der Waals surface area contributed by atoms with Gasteiger partial charge in [-0.2, -0.15) is 0 Å². The van der Waals surface area contributed by atoms with Gasteiger partial charge in [-0.15, -0.1) is 0 Å². The summed E-state index contributed by atoms with van der Waals surface area (Å²) in [6.45, 7) is 1.43. The van der Waals surface area contributed by atoms with E-state index in [1.165, 1.54) is 0 Å². The fraction of sp³-hybridized carbons (Fsp3) is 0.462. The van der Waals surface area contributed by atoms with E-state index in [9.17, 15) is 4.79 Å². The summed E-state index contributed by atoms with van der Waals surface area (Å²) in [7, 11) is 0. The highest BCUT2D eigenvalue weighted by molar-refractivity contribution is 5.77. The van der Waals surface area contributed by atoms with Crippen molar-refractivity contribution in [1.29, 1.82) is 0 Å². The number of carbonyl (C=O) groups excluding carboxylic acids is 1. The molecule has 0 radical (unpaired) electrons. The van der Waals surface area contributed by atoms with E-state index < -0.39 is 0 Å². The Morgan fingerprint density at radius 2 is 2.12 bits per heavy atom. The minimum absolute atomic E-state index is 0.106. The fourth-order valence-corrected chi connectivity index (χ4v) is 2.15. The number of amides is 1. The summed E-state index contributed by atoms with van der Waals surface area (Å²) in [4.78, 5) is 13.8. The van der Waals surface area contributed by atoms with Crippen LogP contribution in [0, 0.1) is 0 Å². The van der Waals surface area contributed by atoms with Crippen LogP contribution >= 0.6 is 0 Å². The molecule has 1 aromatic carbocycles. The second-order valence-electron chi connectivity index (χ2n) is 4.61. The summed E-state index contributed by atoms with van der Waals surface area (Å²) >= 11 is 0. The number of nitrogens with two attached hydrogens (primary N) is 2. The Morgan fingerprint density at radius 1 is 1.41 bits per heavy atom. The number of hydrogen-bond acceptors (Lipinski definition) is 3. The lowest BCUT2D eigenvalue weighted by Gasteiger charge is -2.18. The monoisotopic (exact) mass is 233 g/mol. The van der Waals surface area contributed by atoms with Gasteiger partial charge in [0.05, 0.1) is 0 Å². The van der Waals surface area contributed by atoms with Gasteiger partial charge in [0.15, 0.2) is 0 Å². The second-order valence-corrected chi connectivity index (χ2v) is 4.61. The van der Waals surface area contributed by atoms with Gasteiger partial charge < -0.3 is 16.4 Å². The maximum Gasteiger partial charge on any atom is 0.224 e. The van der Waals surface area contributed by atoms with Crippen molar-refractivity contribution in [2.24, 2.45) is 11.5 Å². The molecule has 0 spiro atoms. The molecule has 2 rings (SSSR count). The lowest BCUT2D eigenvalue weighted by Crippen LogP contribution is -2.33. The third-order valence-corrected chi connectivity index (χ3v) is 3.20. The molecular weight excluding hydrogens is 214 g/mol.